The van der Waals surface area contributed by atoms with Gasteiger partial charge in [0.2, 0.25) is 0 Å². The Morgan fingerprint density at radius 2 is 2.15 bits per heavy atom. The van der Waals surface area contributed by atoms with Gasteiger partial charge in [0.05, 0.1) is 19.8 Å². The molecule has 0 bridgehead atoms. The maximum atomic E-state index is 5.48. The molecule has 0 aliphatic carbocycles. The zero-order chi connectivity index (χ0) is 9.94. The highest BCUT2D eigenvalue weighted by atomic mass is 35.5. The van der Waals surface area contributed by atoms with E-state index in [1.165, 1.54) is 0 Å². The van der Waals surface area contributed by atoms with Crippen molar-refractivity contribution in [1.82, 2.24) is 5.32 Å². The zero-order valence-corrected chi connectivity index (χ0v) is 9.06. The third-order valence-electron chi connectivity index (χ3n) is 1.45. The summed E-state index contributed by atoms with van der Waals surface area (Å²) >= 11 is 5.48. The van der Waals surface area contributed by atoms with Crippen molar-refractivity contribution in [3.05, 3.63) is 11.1 Å². The summed E-state index contributed by atoms with van der Waals surface area (Å²) in [6, 6.07) is 0. The Bertz CT molecular complexity index is 140. The lowest BCUT2D eigenvalue weighted by molar-refractivity contribution is 0.0722. The number of methoxy groups -OCH3 is 1. The normalized spacial score (nSPS) is 12.1. The summed E-state index contributed by atoms with van der Waals surface area (Å²) in [6.45, 7) is 5.65. The van der Waals surface area contributed by atoms with Crippen LogP contribution in [0.25, 0.3) is 0 Å². The van der Waals surface area contributed by atoms with Crippen LogP contribution >= 0.6 is 11.6 Å². The van der Waals surface area contributed by atoms with E-state index in [0.717, 1.165) is 18.7 Å². The molecule has 0 aromatic heterocycles. The maximum Gasteiger partial charge on any atom is 0.0700 e. The maximum absolute atomic E-state index is 5.48. The van der Waals surface area contributed by atoms with E-state index in [0.29, 0.717) is 19.8 Å². The molecule has 1 N–H and O–H groups in total. The van der Waals surface area contributed by atoms with Crippen LogP contribution in [0.1, 0.15) is 6.92 Å². The lowest BCUT2D eigenvalue weighted by Gasteiger charge is -2.05. The molecule has 0 atom stereocenters. The Balaban J connectivity index is 3.00. The molecule has 0 spiro atoms. The molecule has 0 aromatic carbocycles. The van der Waals surface area contributed by atoms with Crippen molar-refractivity contribution in [1.29, 1.82) is 0 Å². The minimum atomic E-state index is 0.653. The Hall–Kier alpha value is -0.0900. The average Bonchev–Trinajstić information content (AvgIpc) is 2.16. The topological polar surface area (TPSA) is 30.5 Å². The Morgan fingerprint density at radius 3 is 2.77 bits per heavy atom. The van der Waals surface area contributed by atoms with Gasteiger partial charge in [0.25, 0.3) is 0 Å². The summed E-state index contributed by atoms with van der Waals surface area (Å²) in [5.41, 5.74) is 2.71. The van der Waals surface area contributed by atoms with Crippen molar-refractivity contribution in [2.75, 3.05) is 40.0 Å². The Morgan fingerprint density at radius 1 is 1.38 bits per heavy atom. The second kappa shape index (κ2) is 9.99. The predicted octanol–water partition coefficient (Wildman–Crippen LogP) is 1.38. The SMILES string of the molecule is COCCOCCNCC(C)=CCl. The zero-order valence-electron chi connectivity index (χ0n) is 8.31. The minimum absolute atomic E-state index is 0.653. The largest absolute Gasteiger partial charge is 0.382 e. The van der Waals surface area contributed by atoms with E-state index >= 15 is 0 Å². The van der Waals surface area contributed by atoms with E-state index in [-0.39, 0.29) is 0 Å². The number of hydrogen-bond donors (Lipinski definition) is 1. The molecule has 78 valence electrons. The first-order valence-corrected chi connectivity index (χ1v) is 4.78. The van der Waals surface area contributed by atoms with E-state index in [1.54, 1.807) is 12.6 Å². The molecule has 0 aromatic rings. The fourth-order valence-corrected chi connectivity index (χ4v) is 0.790. The van der Waals surface area contributed by atoms with Crippen LogP contribution in [-0.2, 0) is 9.47 Å². The summed E-state index contributed by atoms with van der Waals surface area (Å²) in [4.78, 5) is 0. The first-order valence-electron chi connectivity index (χ1n) is 4.34. The molecule has 4 heteroatoms. The van der Waals surface area contributed by atoms with Crippen LogP contribution in [0.2, 0.25) is 0 Å². The molecular formula is C9H18ClNO2. The van der Waals surface area contributed by atoms with Crippen LogP contribution in [-0.4, -0.2) is 40.0 Å². The monoisotopic (exact) mass is 207 g/mol. The van der Waals surface area contributed by atoms with Crippen molar-refractivity contribution in [3.63, 3.8) is 0 Å². The fourth-order valence-electron chi connectivity index (χ4n) is 0.713. The van der Waals surface area contributed by atoms with E-state index in [9.17, 15) is 0 Å². The van der Waals surface area contributed by atoms with Gasteiger partial charge >= 0.3 is 0 Å². The summed E-state index contributed by atoms with van der Waals surface area (Å²) in [6.07, 6.45) is 0. The van der Waals surface area contributed by atoms with Crippen LogP contribution < -0.4 is 5.32 Å². The van der Waals surface area contributed by atoms with Gasteiger partial charge in [0, 0.05) is 25.7 Å². The van der Waals surface area contributed by atoms with Crippen molar-refractivity contribution in [3.8, 4) is 0 Å². The summed E-state index contributed by atoms with van der Waals surface area (Å²) < 4.78 is 10.1. The molecule has 13 heavy (non-hydrogen) atoms. The molecule has 0 heterocycles. The third kappa shape index (κ3) is 9.83. The summed E-state index contributed by atoms with van der Waals surface area (Å²) in [7, 11) is 1.66. The van der Waals surface area contributed by atoms with E-state index in [4.69, 9.17) is 21.1 Å². The van der Waals surface area contributed by atoms with Crippen LogP contribution in [0, 0.1) is 0 Å². The first-order chi connectivity index (χ1) is 6.31. The number of nitrogens with one attached hydrogen (secondary N) is 1. The highest BCUT2D eigenvalue weighted by molar-refractivity contribution is 6.25. The lowest BCUT2D eigenvalue weighted by Crippen LogP contribution is -2.22. The molecule has 0 unspecified atom stereocenters. The van der Waals surface area contributed by atoms with E-state index in [1.807, 2.05) is 6.92 Å². The Labute approximate surface area is 85.0 Å². The fraction of sp³-hybridized carbons (Fsp3) is 0.778. The minimum Gasteiger partial charge on any atom is -0.382 e. The standard InChI is InChI=1S/C9H18ClNO2/c1-9(7-10)8-11-3-4-13-6-5-12-2/h7,11H,3-6,8H2,1-2H3. The number of rotatable bonds is 8. The molecule has 0 aliphatic heterocycles. The highest BCUT2D eigenvalue weighted by Crippen LogP contribution is 1.91. The quantitative estimate of drug-likeness (QED) is 0.611. The van der Waals surface area contributed by atoms with E-state index < -0.39 is 0 Å². The smallest absolute Gasteiger partial charge is 0.0700 e. The number of halogens is 1. The molecule has 0 rings (SSSR count). The average molecular weight is 208 g/mol. The molecular weight excluding hydrogens is 190 g/mol. The number of hydrogen-bond acceptors (Lipinski definition) is 3. The third-order valence-corrected chi connectivity index (χ3v) is 1.82. The van der Waals surface area contributed by atoms with Crippen LogP contribution in [0.5, 0.6) is 0 Å². The lowest BCUT2D eigenvalue weighted by atomic mass is 10.3. The van der Waals surface area contributed by atoms with Gasteiger partial charge in [-0.05, 0) is 12.5 Å². The predicted molar refractivity (Wildman–Crippen MR) is 55.2 cm³/mol. The van der Waals surface area contributed by atoms with E-state index in [2.05, 4.69) is 5.32 Å². The molecule has 0 radical (unpaired) electrons. The van der Waals surface area contributed by atoms with Gasteiger partial charge in [0.15, 0.2) is 0 Å². The molecule has 0 saturated heterocycles. The molecule has 0 amide bonds. The molecule has 0 aliphatic rings. The van der Waals surface area contributed by atoms with Crippen molar-refractivity contribution < 1.29 is 9.47 Å². The molecule has 0 fully saturated rings. The number of ether oxygens (including phenoxy) is 2. The van der Waals surface area contributed by atoms with Gasteiger partial charge in [-0.3, -0.25) is 0 Å². The van der Waals surface area contributed by atoms with Crippen LogP contribution in [0.15, 0.2) is 11.1 Å². The van der Waals surface area contributed by atoms with Gasteiger partial charge in [0.1, 0.15) is 0 Å². The Kier molecular flexibility index (Phi) is 9.92. The first kappa shape index (κ1) is 12.9. The highest BCUT2D eigenvalue weighted by Gasteiger charge is 1.89. The van der Waals surface area contributed by atoms with Gasteiger partial charge in [-0.1, -0.05) is 11.6 Å². The molecule has 3 nitrogen and oxygen atoms in total. The van der Waals surface area contributed by atoms with Gasteiger partial charge < -0.3 is 14.8 Å². The molecule has 0 saturated carbocycles. The van der Waals surface area contributed by atoms with Gasteiger partial charge in [-0.15, -0.1) is 0 Å². The van der Waals surface area contributed by atoms with Gasteiger partial charge in [-0.25, -0.2) is 0 Å². The second-order valence-corrected chi connectivity index (χ2v) is 2.96. The van der Waals surface area contributed by atoms with Crippen LogP contribution in [0.3, 0.4) is 0 Å². The summed E-state index contributed by atoms with van der Waals surface area (Å²) in [5.74, 6) is 0. The van der Waals surface area contributed by atoms with Gasteiger partial charge in [-0.2, -0.15) is 0 Å². The van der Waals surface area contributed by atoms with Crippen LogP contribution in [0.4, 0.5) is 0 Å². The van der Waals surface area contributed by atoms with Crippen molar-refractivity contribution in [2.24, 2.45) is 0 Å². The summed E-state index contributed by atoms with van der Waals surface area (Å²) in [5, 5.41) is 3.19. The second-order valence-electron chi connectivity index (χ2n) is 2.74. The van der Waals surface area contributed by atoms with Crippen molar-refractivity contribution in [2.45, 2.75) is 6.92 Å². The van der Waals surface area contributed by atoms with Crippen molar-refractivity contribution >= 4 is 11.6 Å².